The standard InChI is InChI=1S/C17H16FNO4/c1-22-15-4-2-3-12(9-15)10-19-16(20)11-23-17(21)13-5-7-14(18)8-6-13/h2-9H,10-11H2,1H3,(H,19,20). The summed E-state index contributed by atoms with van der Waals surface area (Å²) >= 11 is 0. The zero-order chi connectivity index (χ0) is 16.7. The van der Waals surface area contributed by atoms with Crippen LogP contribution in [0.1, 0.15) is 15.9 Å². The third kappa shape index (κ3) is 5.10. The maximum atomic E-state index is 12.8. The largest absolute Gasteiger partial charge is 0.497 e. The number of benzene rings is 2. The molecule has 5 nitrogen and oxygen atoms in total. The van der Waals surface area contributed by atoms with E-state index in [1.807, 2.05) is 12.1 Å². The van der Waals surface area contributed by atoms with Crippen LogP contribution in [0.15, 0.2) is 48.5 Å². The summed E-state index contributed by atoms with van der Waals surface area (Å²) in [6, 6.07) is 12.2. The van der Waals surface area contributed by atoms with Crippen molar-refractivity contribution in [3.63, 3.8) is 0 Å². The molecule has 0 radical (unpaired) electrons. The first-order valence-corrected chi connectivity index (χ1v) is 6.91. The average molecular weight is 317 g/mol. The minimum Gasteiger partial charge on any atom is -0.497 e. The molecule has 0 aliphatic carbocycles. The van der Waals surface area contributed by atoms with Gasteiger partial charge >= 0.3 is 5.97 Å². The van der Waals surface area contributed by atoms with Crippen LogP contribution in [0.4, 0.5) is 4.39 Å². The average Bonchev–Trinajstić information content (AvgIpc) is 2.58. The molecule has 0 heterocycles. The Kier molecular flexibility index (Phi) is 5.68. The summed E-state index contributed by atoms with van der Waals surface area (Å²) in [6.07, 6.45) is 0. The van der Waals surface area contributed by atoms with E-state index in [1.54, 1.807) is 19.2 Å². The number of rotatable bonds is 6. The van der Waals surface area contributed by atoms with Crippen LogP contribution >= 0.6 is 0 Å². The monoisotopic (exact) mass is 317 g/mol. The Balaban J connectivity index is 1.78. The van der Waals surface area contributed by atoms with E-state index < -0.39 is 24.3 Å². The van der Waals surface area contributed by atoms with Gasteiger partial charge in [0.05, 0.1) is 12.7 Å². The maximum Gasteiger partial charge on any atom is 0.338 e. The van der Waals surface area contributed by atoms with Gasteiger partial charge in [0.2, 0.25) is 0 Å². The van der Waals surface area contributed by atoms with Crippen LogP contribution < -0.4 is 10.1 Å². The van der Waals surface area contributed by atoms with Gasteiger partial charge in [-0.3, -0.25) is 4.79 Å². The van der Waals surface area contributed by atoms with Crippen LogP contribution in [0.5, 0.6) is 5.75 Å². The summed E-state index contributed by atoms with van der Waals surface area (Å²) in [7, 11) is 1.56. The molecular weight excluding hydrogens is 301 g/mol. The SMILES string of the molecule is COc1cccc(CNC(=O)COC(=O)c2ccc(F)cc2)c1. The summed E-state index contributed by atoms with van der Waals surface area (Å²) in [5.74, 6) is -0.859. The molecule has 0 unspecified atom stereocenters. The van der Waals surface area contributed by atoms with Gasteiger partial charge in [-0.05, 0) is 42.0 Å². The second-order valence-corrected chi connectivity index (χ2v) is 4.71. The van der Waals surface area contributed by atoms with Gasteiger partial charge in [0.25, 0.3) is 5.91 Å². The van der Waals surface area contributed by atoms with E-state index in [4.69, 9.17) is 9.47 Å². The van der Waals surface area contributed by atoms with Crippen LogP contribution in [0.3, 0.4) is 0 Å². The number of amides is 1. The Hall–Kier alpha value is -2.89. The van der Waals surface area contributed by atoms with E-state index in [-0.39, 0.29) is 5.56 Å². The molecule has 120 valence electrons. The first-order chi connectivity index (χ1) is 11.1. The quantitative estimate of drug-likeness (QED) is 0.830. The van der Waals surface area contributed by atoms with E-state index >= 15 is 0 Å². The van der Waals surface area contributed by atoms with Crippen LogP contribution in [0, 0.1) is 5.82 Å². The molecule has 0 saturated carbocycles. The molecule has 0 spiro atoms. The molecule has 2 rings (SSSR count). The fourth-order valence-corrected chi connectivity index (χ4v) is 1.83. The Bertz CT molecular complexity index is 685. The molecule has 0 atom stereocenters. The molecule has 1 amide bonds. The van der Waals surface area contributed by atoms with Crippen LogP contribution in [0.25, 0.3) is 0 Å². The van der Waals surface area contributed by atoms with Gasteiger partial charge in [0.1, 0.15) is 11.6 Å². The van der Waals surface area contributed by atoms with Crippen molar-refractivity contribution in [3.05, 3.63) is 65.5 Å². The van der Waals surface area contributed by atoms with Gasteiger partial charge in [-0.2, -0.15) is 0 Å². The highest BCUT2D eigenvalue weighted by molar-refractivity contribution is 5.91. The summed E-state index contributed by atoms with van der Waals surface area (Å²) in [5, 5.41) is 2.63. The second kappa shape index (κ2) is 7.93. The van der Waals surface area contributed by atoms with E-state index in [2.05, 4.69) is 5.32 Å². The third-order valence-electron chi connectivity index (χ3n) is 3.04. The van der Waals surface area contributed by atoms with Crippen molar-refractivity contribution < 1.29 is 23.5 Å². The zero-order valence-corrected chi connectivity index (χ0v) is 12.5. The smallest absolute Gasteiger partial charge is 0.338 e. The van der Waals surface area contributed by atoms with Crippen LogP contribution in [-0.2, 0) is 16.1 Å². The van der Waals surface area contributed by atoms with Crippen LogP contribution in [0.2, 0.25) is 0 Å². The predicted octanol–water partition coefficient (Wildman–Crippen LogP) is 2.31. The first-order valence-electron chi connectivity index (χ1n) is 6.91. The van der Waals surface area contributed by atoms with Gasteiger partial charge in [0.15, 0.2) is 6.61 Å². The minimum absolute atomic E-state index is 0.187. The Labute approximate surface area is 133 Å². The number of methoxy groups -OCH3 is 1. The molecule has 23 heavy (non-hydrogen) atoms. The highest BCUT2D eigenvalue weighted by Crippen LogP contribution is 2.12. The highest BCUT2D eigenvalue weighted by atomic mass is 19.1. The molecule has 0 bridgehead atoms. The van der Waals surface area contributed by atoms with Crippen molar-refractivity contribution in [2.45, 2.75) is 6.54 Å². The van der Waals surface area contributed by atoms with Crippen molar-refractivity contribution in [1.82, 2.24) is 5.32 Å². The lowest BCUT2D eigenvalue weighted by Gasteiger charge is -2.08. The number of hydrogen-bond acceptors (Lipinski definition) is 4. The molecule has 2 aromatic rings. The minimum atomic E-state index is -0.679. The predicted molar refractivity (Wildman–Crippen MR) is 81.5 cm³/mol. The normalized spacial score (nSPS) is 10.0. The molecule has 0 aromatic heterocycles. The number of esters is 1. The van der Waals surface area contributed by atoms with E-state index in [9.17, 15) is 14.0 Å². The van der Waals surface area contributed by atoms with Crippen molar-refractivity contribution in [2.24, 2.45) is 0 Å². The first kappa shape index (κ1) is 16.5. The molecule has 6 heteroatoms. The third-order valence-corrected chi connectivity index (χ3v) is 3.04. The van der Waals surface area contributed by atoms with E-state index in [0.29, 0.717) is 12.3 Å². The van der Waals surface area contributed by atoms with Crippen molar-refractivity contribution in [2.75, 3.05) is 13.7 Å². The van der Waals surface area contributed by atoms with Crippen molar-refractivity contribution in [1.29, 1.82) is 0 Å². The number of halogens is 1. The summed E-state index contributed by atoms with van der Waals surface area (Å²) < 4.78 is 22.7. The lowest BCUT2D eigenvalue weighted by atomic mass is 10.2. The molecule has 0 aliphatic rings. The van der Waals surface area contributed by atoms with Crippen molar-refractivity contribution >= 4 is 11.9 Å². The number of ether oxygens (including phenoxy) is 2. The number of carbonyl (C=O) groups is 2. The topological polar surface area (TPSA) is 64.6 Å². The van der Waals surface area contributed by atoms with Gasteiger partial charge in [-0.1, -0.05) is 12.1 Å². The summed E-state index contributed by atoms with van der Waals surface area (Å²) in [4.78, 5) is 23.4. The Morgan fingerprint density at radius 2 is 1.87 bits per heavy atom. The lowest BCUT2D eigenvalue weighted by molar-refractivity contribution is -0.124. The maximum absolute atomic E-state index is 12.8. The lowest BCUT2D eigenvalue weighted by Crippen LogP contribution is -2.28. The molecule has 1 N–H and O–H groups in total. The van der Waals surface area contributed by atoms with Crippen molar-refractivity contribution in [3.8, 4) is 5.75 Å². The zero-order valence-electron chi connectivity index (χ0n) is 12.5. The molecule has 0 aliphatic heterocycles. The molecule has 0 saturated heterocycles. The molecule has 0 fully saturated rings. The van der Waals surface area contributed by atoms with E-state index in [0.717, 1.165) is 17.7 Å². The Morgan fingerprint density at radius 1 is 1.13 bits per heavy atom. The number of hydrogen-bond donors (Lipinski definition) is 1. The van der Waals surface area contributed by atoms with Gasteiger partial charge < -0.3 is 14.8 Å². The summed E-state index contributed by atoms with van der Waals surface area (Å²) in [6.45, 7) is -0.107. The van der Waals surface area contributed by atoms with E-state index in [1.165, 1.54) is 12.1 Å². The highest BCUT2D eigenvalue weighted by Gasteiger charge is 2.10. The fraction of sp³-hybridized carbons (Fsp3) is 0.176. The Morgan fingerprint density at radius 3 is 2.57 bits per heavy atom. The number of nitrogens with one attached hydrogen (secondary N) is 1. The van der Waals surface area contributed by atoms with Gasteiger partial charge in [0, 0.05) is 6.54 Å². The molecule has 2 aromatic carbocycles. The number of carbonyl (C=O) groups excluding carboxylic acids is 2. The van der Waals surface area contributed by atoms with Gasteiger partial charge in [-0.15, -0.1) is 0 Å². The fourth-order valence-electron chi connectivity index (χ4n) is 1.83. The summed E-state index contributed by atoms with van der Waals surface area (Å²) in [5.41, 5.74) is 1.05. The second-order valence-electron chi connectivity index (χ2n) is 4.71. The van der Waals surface area contributed by atoms with Gasteiger partial charge in [-0.25, -0.2) is 9.18 Å². The molecular formula is C17H16FNO4. The van der Waals surface area contributed by atoms with Crippen LogP contribution in [-0.4, -0.2) is 25.6 Å².